The van der Waals surface area contributed by atoms with Crippen LogP contribution in [0.1, 0.15) is 5.56 Å². The van der Waals surface area contributed by atoms with Gasteiger partial charge in [-0.2, -0.15) is 8.42 Å². The standard InChI is InChI=1S/C37H60O15S/c38-53(39,37-9-5-2-6-10-37)52-34-33-50-30-29-48-26-25-46-22-21-44-18-17-42-14-13-40-11-12-41-15-16-43-19-20-45-23-24-47-27-28-49-31-32-51-35-36-7-3-1-4-8-36/h1-10H,11-35H2. The molecule has 0 amide bonds. The SMILES string of the molecule is O=S(=O)(OCCOCCOCCOCCOCCOCCOCCOCCOCCOCCOCCOCCOCc1ccccc1)c1ccccc1. The van der Waals surface area contributed by atoms with Crippen LogP contribution in [0.5, 0.6) is 0 Å². The van der Waals surface area contributed by atoms with Crippen LogP contribution in [0.25, 0.3) is 0 Å². The molecular formula is C37H60O15S. The van der Waals surface area contributed by atoms with Gasteiger partial charge in [0.15, 0.2) is 0 Å². The zero-order valence-corrected chi connectivity index (χ0v) is 31.8. The van der Waals surface area contributed by atoms with E-state index in [0.29, 0.717) is 152 Å². The predicted octanol–water partition coefficient (Wildman–Crippen LogP) is 2.79. The van der Waals surface area contributed by atoms with Crippen LogP contribution in [0.3, 0.4) is 0 Å². The van der Waals surface area contributed by atoms with Gasteiger partial charge in [0.25, 0.3) is 10.1 Å². The van der Waals surface area contributed by atoms with Crippen LogP contribution in [0.15, 0.2) is 65.6 Å². The number of rotatable bonds is 40. The Kier molecular flexibility index (Phi) is 31.6. The Morgan fingerprint density at radius 1 is 0.302 bits per heavy atom. The summed E-state index contributed by atoms with van der Waals surface area (Å²) in [5.74, 6) is 0. The fourth-order valence-corrected chi connectivity index (χ4v) is 4.96. The summed E-state index contributed by atoms with van der Waals surface area (Å²) < 4.78 is 94.5. The third-order valence-electron chi connectivity index (χ3n) is 6.70. The van der Waals surface area contributed by atoms with Crippen molar-refractivity contribution < 1.29 is 69.4 Å². The van der Waals surface area contributed by atoms with Crippen LogP contribution >= 0.6 is 0 Å². The van der Waals surface area contributed by atoms with Crippen molar-refractivity contribution in [2.24, 2.45) is 0 Å². The summed E-state index contributed by atoms with van der Waals surface area (Å²) in [4.78, 5) is 0.119. The second kappa shape index (κ2) is 35.6. The van der Waals surface area contributed by atoms with Gasteiger partial charge in [0.1, 0.15) is 0 Å². The van der Waals surface area contributed by atoms with E-state index < -0.39 is 10.1 Å². The summed E-state index contributed by atoms with van der Waals surface area (Å²) in [5.41, 5.74) is 1.15. The minimum Gasteiger partial charge on any atom is -0.377 e. The molecule has 304 valence electrons. The van der Waals surface area contributed by atoms with Gasteiger partial charge in [-0.3, -0.25) is 4.18 Å². The summed E-state index contributed by atoms with van der Waals surface area (Å²) in [7, 11) is -3.76. The molecule has 2 aromatic rings. The Labute approximate surface area is 315 Å². The molecule has 0 aliphatic carbocycles. The third-order valence-corrected chi connectivity index (χ3v) is 8.03. The molecule has 0 saturated heterocycles. The molecule has 0 aliphatic rings. The molecule has 0 N–H and O–H groups in total. The summed E-state index contributed by atoms with van der Waals surface area (Å²) >= 11 is 0. The van der Waals surface area contributed by atoms with Crippen LogP contribution in [-0.2, 0) is 77.8 Å². The lowest BCUT2D eigenvalue weighted by atomic mass is 10.2. The normalized spacial score (nSPS) is 11.8. The highest BCUT2D eigenvalue weighted by atomic mass is 32.2. The number of ether oxygens (including phenoxy) is 12. The summed E-state index contributed by atoms with van der Waals surface area (Å²) in [6, 6.07) is 18.0. The summed E-state index contributed by atoms with van der Waals surface area (Å²) in [5, 5.41) is 0. The maximum absolute atomic E-state index is 12.0. The first-order chi connectivity index (χ1) is 26.2. The van der Waals surface area contributed by atoms with Crippen molar-refractivity contribution >= 4 is 10.1 Å². The third kappa shape index (κ3) is 29.9. The smallest absolute Gasteiger partial charge is 0.297 e. The van der Waals surface area contributed by atoms with Crippen LogP contribution in [0.4, 0.5) is 0 Å². The van der Waals surface area contributed by atoms with Gasteiger partial charge < -0.3 is 56.8 Å². The molecular weight excluding hydrogens is 716 g/mol. The van der Waals surface area contributed by atoms with Gasteiger partial charge in [0, 0.05) is 0 Å². The highest BCUT2D eigenvalue weighted by Crippen LogP contribution is 2.10. The largest absolute Gasteiger partial charge is 0.377 e. The first kappa shape index (κ1) is 47.0. The van der Waals surface area contributed by atoms with Gasteiger partial charge in [0.2, 0.25) is 0 Å². The minimum absolute atomic E-state index is 0.0606. The monoisotopic (exact) mass is 776 g/mol. The Hall–Kier alpha value is -2.13. The topological polar surface area (TPSA) is 154 Å². The Morgan fingerprint density at radius 2 is 0.547 bits per heavy atom. The van der Waals surface area contributed by atoms with E-state index in [0.717, 1.165) is 5.56 Å². The fourth-order valence-electron chi connectivity index (χ4n) is 4.04. The molecule has 0 fully saturated rings. The molecule has 2 rings (SSSR count). The average molecular weight is 777 g/mol. The second-order valence-corrected chi connectivity index (χ2v) is 12.5. The van der Waals surface area contributed by atoms with Crippen LogP contribution in [0.2, 0.25) is 0 Å². The Balaban J connectivity index is 1.14. The van der Waals surface area contributed by atoms with Crippen molar-refractivity contribution in [3.8, 4) is 0 Å². The Morgan fingerprint density at radius 3 is 0.849 bits per heavy atom. The van der Waals surface area contributed by atoms with Crippen molar-refractivity contribution in [3.63, 3.8) is 0 Å². The van der Waals surface area contributed by atoms with Gasteiger partial charge in [-0.05, 0) is 17.7 Å². The zero-order valence-electron chi connectivity index (χ0n) is 31.0. The second-order valence-electron chi connectivity index (χ2n) is 10.9. The van der Waals surface area contributed by atoms with Gasteiger partial charge in [-0.25, -0.2) is 0 Å². The highest BCUT2D eigenvalue weighted by Gasteiger charge is 2.13. The maximum atomic E-state index is 12.0. The van der Waals surface area contributed by atoms with Crippen LogP contribution < -0.4 is 0 Å². The molecule has 0 atom stereocenters. The Bertz CT molecular complexity index is 1150. The van der Waals surface area contributed by atoms with Gasteiger partial charge in [0.05, 0.1) is 170 Å². The molecule has 0 spiro atoms. The molecule has 2 aromatic carbocycles. The fraction of sp³-hybridized carbons (Fsp3) is 0.676. The zero-order chi connectivity index (χ0) is 37.6. The summed E-state index contributed by atoms with van der Waals surface area (Å²) in [6.45, 7) is 11.2. The first-order valence-corrected chi connectivity index (χ1v) is 19.5. The number of hydrogen-bond donors (Lipinski definition) is 0. The molecule has 0 aliphatic heterocycles. The molecule has 0 unspecified atom stereocenters. The van der Waals surface area contributed by atoms with Crippen molar-refractivity contribution in [1.82, 2.24) is 0 Å². The number of hydrogen-bond acceptors (Lipinski definition) is 15. The number of benzene rings is 2. The molecule has 0 radical (unpaired) electrons. The van der Waals surface area contributed by atoms with E-state index >= 15 is 0 Å². The molecule has 16 heteroatoms. The van der Waals surface area contributed by atoms with Crippen molar-refractivity contribution in [3.05, 3.63) is 66.2 Å². The lowest BCUT2D eigenvalue weighted by Crippen LogP contribution is -2.16. The van der Waals surface area contributed by atoms with Crippen molar-refractivity contribution in [1.29, 1.82) is 0 Å². The molecule has 15 nitrogen and oxygen atoms in total. The molecule has 53 heavy (non-hydrogen) atoms. The molecule has 0 heterocycles. The van der Waals surface area contributed by atoms with E-state index in [1.165, 1.54) is 12.1 Å². The van der Waals surface area contributed by atoms with Gasteiger partial charge >= 0.3 is 0 Å². The molecule has 0 bridgehead atoms. The lowest BCUT2D eigenvalue weighted by molar-refractivity contribution is -0.0286. The molecule has 0 saturated carbocycles. The van der Waals surface area contributed by atoms with Crippen molar-refractivity contribution in [2.45, 2.75) is 11.5 Å². The van der Waals surface area contributed by atoms with E-state index in [9.17, 15) is 8.42 Å². The van der Waals surface area contributed by atoms with Gasteiger partial charge in [-0.15, -0.1) is 0 Å². The first-order valence-electron chi connectivity index (χ1n) is 18.1. The van der Waals surface area contributed by atoms with E-state index in [1.54, 1.807) is 18.2 Å². The lowest BCUT2D eigenvalue weighted by Gasteiger charge is -2.09. The van der Waals surface area contributed by atoms with E-state index in [2.05, 4.69) is 0 Å². The van der Waals surface area contributed by atoms with Crippen molar-refractivity contribution in [2.75, 3.05) is 159 Å². The van der Waals surface area contributed by atoms with E-state index in [1.807, 2.05) is 30.3 Å². The average Bonchev–Trinajstić information content (AvgIpc) is 3.18. The predicted molar refractivity (Wildman–Crippen MR) is 195 cm³/mol. The van der Waals surface area contributed by atoms with Gasteiger partial charge in [-0.1, -0.05) is 48.5 Å². The minimum atomic E-state index is -3.76. The van der Waals surface area contributed by atoms with E-state index in [4.69, 9.17) is 61.0 Å². The highest BCUT2D eigenvalue weighted by molar-refractivity contribution is 7.86. The van der Waals surface area contributed by atoms with Crippen LogP contribution in [0, 0.1) is 0 Å². The maximum Gasteiger partial charge on any atom is 0.297 e. The summed E-state index contributed by atoms with van der Waals surface area (Å²) in [6.07, 6.45) is 0. The van der Waals surface area contributed by atoms with Crippen LogP contribution in [-0.4, -0.2) is 167 Å². The molecule has 0 aromatic heterocycles. The van der Waals surface area contributed by atoms with E-state index in [-0.39, 0.29) is 18.1 Å². The quantitative estimate of drug-likeness (QED) is 0.0720.